The molecule has 1 atom stereocenters. The van der Waals surface area contributed by atoms with Crippen molar-refractivity contribution in [1.29, 1.82) is 0 Å². The molecule has 0 spiro atoms. The molecule has 1 fully saturated rings. The molecule has 2 N–H and O–H groups in total. The van der Waals surface area contributed by atoms with Crippen molar-refractivity contribution >= 4 is 15.9 Å². The first-order valence-corrected chi connectivity index (χ1v) is 7.55. The van der Waals surface area contributed by atoms with Gasteiger partial charge in [-0.05, 0) is 47.0 Å². The third-order valence-electron chi connectivity index (χ3n) is 4.15. The van der Waals surface area contributed by atoms with Gasteiger partial charge in [-0.15, -0.1) is 0 Å². The van der Waals surface area contributed by atoms with E-state index in [-0.39, 0.29) is 5.54 Å². The van der Waals surface area contributed by atoms with Gasteiger partial charge in [0, 0.05) is 19.0 Å². The summed E-state index contributed by atoms with van der Waals surface area (Å²) in [5, 5.41) is 4.55. The Balaban J connectivity index is 2.22. The Morgan fingerprint density at radius 2 is 2.06 bits per heavy atom. The zero-order valence-electron chi connectivity index (χ0n) is 11.9. The van der Waals surface area contributed by atoms with Gasteiger partial charge in [-0.1, -0.05) is 20.8 Å². The highest BCUT2D eigenvalue weighted by atomic mass is 79.9. The van der Waals surface area contributed by atoms with Gasteiger partial charge in [0.25, 0.3) is 0 Å². The Kier molecular flexibility index (Phi) is 3.63. The van der Waals surface area contributed by atoms with Crippen molar-refractivity contribution in [1.82, 2.24) is 9.78 Å². The number of hydrogen-bond acceptors (Lipinski definition) is 2. The highest BCUT2D eigenvalue weighted by Gasteiger charge is 2.41. The van der Waals surface area contributed by atoms with Crippen LogP contribution in [0.3, 0.4) is 0 Å². The van der Waals surface area contributed by atoms with Crippen molar-refractivity contribution in [2.75, 3.05) is 0 Å². The second kappa shape index (κ2) is 4.64. The number of nitrogens with two attached hydrogens (primary N) is 1. The molecule has 1 aliphatic rings. The van der Waals surface area contributed by atoms with Gasteiger partial charge in [0.1, 0.15) is 0 Å². The fraction of sp³-hybridized carbons (Fsp3) is 0.786. The number of nitrogens with zero attached hydrogens (tertiary/aromatic N) is 2. The molecule has 2 rings (SSSR count). The summed E-state index contributed by atoms with van der Waals surface area (Å²) in [6, 6.07) is 0. The maximum Gasteiger partial charge on any atom is 0.0766 e. The average molecular weight is 314 g/mol. The van der Waals surface area contributed by atoms with Gasteiger partial charge in [0.2, 0.25) is 0 Å². The lowest BCUT2D eigenvalue weighted by molar-refractivity contribution is 0.331. The molecule has 4 heteroatoms. The Hall–Kier alpha value is -0.350. The molecule has 1 heterocycles. The molecular formula is C14H24BrN3. The predicted octanol–water partition coefficient (Wildman–Crippen LogP) is 3.20. The number of rotatable bonds is 3. The van der Waals surface area contributed by atoms with Crippen LogP contribution in [0.2, 0.25) is 0 Å². The van der Waals surface area contributed by atoms with Crippen molar-refractivity contribution in [3.8, 4) is 0 Å². The Labute approximate surface area is 118 Å². The summed E-state index contributed by atoms with van der Waals surface area (Å²) < 4.78 is 3.14. The highest BCUT2D eigenvalue weighted by Crippen LogP contribution is 2.44. The van der Waals surface area contributed by atoms with Crippen molar-refractivity contribution in [2.45, 2.75) is 58.4 Å². The third-order valence-corrected chi connectivity index (χ3v) is 5.07. The van der Waals surface area contributed by atoms with Gasteiger partial charge in [-0.25, -0.2) is 0 Å². The van der Waals surface area contributed by atoms with Crippen LogP contribution < -0.4 is 5.73 Å². The van der Waals surface area contributed by atoms with E-state index in [4.69, 9.17) is 5.73 Å². The second-order valence-corrected chi connectivity index (χ2v) is 7.36. The zero-order chi connectivity index (χ0) is 13.6. The SMILES string of the molecule is CCc1nn(C)c(CC2(N)CCC(C)(C)C2)c1Br. The number of hydrogen-bond donors (Lipinski definition) is 1. The van der Waals surface area contributed by atoms with Gasteiger partial charge < -0.3 is 5.73 Å². The normalized spacial score (nSPS) is 26.8. The first-order chi connectivity index (χ1) is 8.26. The molecule has 0 aromatic carbocycles. The van der Waals surface area contributed by atoms with Gasteiger partial charge in [-0.2, -0.15) is 5.10 Å². The summed E-state index contributed by atoms with van der Waals surface area (Å²) in [4.78, 5) is 0. The zero-order valence-corrected chi connectivity index (χ0v) is 13.5. The molecule has 1 aromatic heterocycles. The van der Waals surface area contributed by atoms with E-state index in [1.807, 2.05) is 11.7 Å². The summed E-state index contributed by atoms with van der Waals surface area (Å²) in [6.07, 6.45) is 5.30. The van der Waals surface area contributed by atoms with E-state index in [1.165, 1.54) is 12.1 Å². The monoisotopic (exact) mass is 313 g/mol. The molecule has 0 bridgehead atoms. The van der Waals surface area contributed by atoms with Crippen molar-refractivity contribution in [2.24, 2.45) is 18.2 Å². The number of aryl methyl sites for hydroxylation is 2. The summed E-state index contributed by atoms with van der Waals surface area (Å²) in [5.74, 6) is 0. The van der Waals surface area contributed by atoms with E-state index >= 15 is 0 Å². The molecule has 102 valence electrons. The van der Waals surface area contributed by atoms with E-state index in [2.05, 4.69) is 41.8 Å². The third kappa shape index (κ3) is 2.64. The van der Waals surface area contributed by atoms with Crippen LogP contribution in [0.5, 0.6) is 0 Å². The molecule has 0 amide bonds. The van der Waals surface area contributed by atoms with Gasteiger partial charge in [-0.3, -0.25) is 4.68 Å². The molecule has 3 nitrogen and oxygen atoms in total. The van der Waals surface area contributed by atoms with Gasteiger partial charge >= 0.3 is 0 Å². The van der Waals surface area contributed by atoms with E-state index in [0.29, 0.717) is 5.41 Å². The van der Waals surface area contributed by atoms with Crippen LogP contribution in [0.4, 0.5) is 0 Å². The van der Waals surface area contributed by atoms with E-state index in [0.717, 1.165) is 35.8 Å². The largest absolute Gasteiger partial charge is 0.325 e. The summed E-state index contributed by atoms with van der Waals surface area (Å²) in [5.41, 5.74) is 9.29. The smallest absolute Gasteiger partial charge is 0.0766 e. The molecule has 0 saturated heterocycles. The first kappa shape index (κ1) is 14.1. The molecule has 1 aliphatic carbocycles. The lowest BCUT2D eigenvalue weighted by Gasteiger charge is -2.26. The summed E-state index contributed by atoms with van der Waals surface area (Å²) in [6.45, 7) is 6.77. The molecular weight excluding hydrogens is 290 g/mol. The Morgan fingerprint density at radius 3 is 2.50 bits per heavy atom. The maximum atomic E-state index is 6.59. The van der Waals surface area contributed by atoms with E-state index in [9.17, 15) is 0 Å². The topological polar surface area (TPSA) is 43.8 Å². The van der Waals surface area contributed by atoms with Crippen LogP contribution in [0.25, 0.3) is 0 Å². The van der Waals surface area contributed by atoms with Gasteiger partial charge in [0.15, 0.2) is 0 Å². The van der Waals surface area contributed by atoms with Crippen LogP contribution in [-0.4, -0.2) is 15.3 Å². The first-order valence-electron chi connectivity index (χ1n) is 6.75. The van der Waals surface area contributed by atoms with E-state index < -0.39 is 0 Å². The molecule has 0 radical (unpaired) electrons. The fourth-order valence-corrected chi connectivity index (χ4v) is 3.97. The fourth-order valence-electron chi connectivity index (χ4n) is 3.21. The molecule has 1 saturated carbocycles. The maximum absolute atomic E-state index is 6.59. The van der Waals surface area contributed by atoms with Crippen LogP contribution in [0, 0.1) is 5.41 Å². The number of aromatic nitrogens is 2. The summed E-state index contributed by atoms with van der Waals surface area (Å²) >= 11 is 3.68. The van der Waals surface area contributed by atoms with Gasteiger partial charge in [0.05, 0.1) is 15.9 Å². The molecule has 18 heavy (non-hydrogen) atoms. The van der Waals surface area contributed by atoms with Crippen LogP contribution in [0.15, 0.2) is 4.47 Å². The molecule has 1 unspecified atom stereocenters. The lowest BCUT2D eigenvalue weighted by atomic mass is 9.86. The van der Waals surface area contributed by atoms with Crippen LogP contribution >= 0.6 is 15.9 Å². The van der Waals surface area contributed by atoms with Crippen LogP contribution in [0.1, 0.15) is 51.4 Å². The average Bonchev–Trinajstić information content (AvgIpc) is 2.69. The van der Waals surface area contributed by atoms with Crippen molar-refractivity contribution in [3.63, 3.8) is 0 Å². The summed E-state index contributed by atoms with van der Waals surface area (Å²) in [7, 11) is 2.02. The quantitative estimate of drug-likeness (QED) is 0.931. The minimum Gasteiger partial charge on any atom is -0.325 e. The van der Waals surface area contributed by atoms with Crippen LogP contribution in [-0.2, 0) is 19.9 Å². The van der Waals surface area contributed by atoms with Crippen molar-refractivity contribution < 1.29 is 0 Å². The predicted molar refractivity (Wildman–Crippen MR) is 78.5 cm³/mol. The standard InChI is InChI=1S/C14H24BrN3/c1-5-10-12(15)11(18(4)17-10)8-14(16)7-6-13(2,3)9-14/h5-9,16H2,1-4H3. The molecule has 0 aliphatic heterocycles. The number of halogens is 1. The minimum absolute atomic E-state index is 0.0647. The Bertz CT molecular complexity index is 450. The lowest BCUT2D eigenvalue weighted by Crippen LogP contribution is -2.40. The van der Waals surface area contributed by atoms with Crippen molar-refractivity contribution in [3.05, 3.63) is 15.9 Å². The van der Waals surface area contributed by atoms with E-state index in [1.54, 1.807) is 0 Å². The highest BCUT2D eigenvalue weighted by molar-refractivity contribution is 9.10. The second-order valence-electron chi connectivity index (χ2n) is 6.56. The Morgan fingerprint density at radius 1 is 1.39 bits per heavy atom. The molecule has 1 aromatic rings. The minimum atomic E-state index is -0.0647.